The summed E-state index contributed by atoms with van der Waals surface area (Å²) < 4.78 is 10.4. The maximum absolute atomic E-state index is 12.6. The van der Waals surface area contributed by atoms with Crippen LogP contribution in [0.4, 0.5) is 5.82 Å². The molecule has 1 aliphatic heterocycles. The maximum Gasteiger partial charge on any atom is 0.254 e. The fourth-order valence-corrected chi connectivity index (χ4v) is 3.43. The van der Waals surface area contributed by atoms with E-state index in [-0.39, 0.29) is 5.91 Å². The summed E-state index contributed by atoms with van der Waals surface area (Å²) in [6, 6.07) is 2.01. The van der Waals surface area contributed by atoms with E-state index in [0.29, 0.717) is 18.7 Å². The van der Waals surface area contributed by atoms with Gasteiger partial charge in [-0.1, -0.05) is 6.92 Å². The van der Waals surface area contributed by atoms with E-state index in [0.717, 1.165) is 54.9 Å². The van der Waals surface area contributed by atoms with Gasteiger partial charge in [0.05, 0.1) is 18.8 Å². The third-order valence-corrected chi connectivity index (χ3v) is 4.68. The zero-order chi connectivity index (χ0) is 17.4. The van der Waals surface area contributed by atoms with E-state index in [2.05, 4.69) is 17.1 Å². The fraction of sp³-hybridized carbons (Fsp3) is 0.647. The lowest BCUT2D eigenvalue weighted by atomic mass is 10.1. The molecule has 24 heavy (non-hydrogen) atoms. The van der Waals surface area contributed by atoms with Crippen molar-refractivity contribution in [3.05, 3.63) is 17.2 Å². The van der Waals surface area contributed by atoms with Crippen molar-refractivity contribution < 1.29 is 14.3 Å². The number of rotatable bonds is 8. The van der Waals surface area contributed by atoms with Crippen molar-refractivity contribution in [3.8, 4) is 0 Å². The quantitative estimate of drug-likeness (QED) is 0.570. The van der Waals surface area contributed by atoms with E-state index in [1.54, 1.807) is 18.9 Å². The van der Waals surface area contributed by atoms with Gasteiger partial charge in [-0.2, -0.15) is 0 Å². The van der Waals surface area contributed by atoms with E-state index in [1.807, 2.05) is 13.0 Å². The van der Waals surface area contributed by atoms with Crippen molar-refractivity contribution in [3.63, 3.8) is 0 Å². The van der Waals surface area contributed by atoms with Crippen molar-refractivity contribution in [2.24, 2.45) is 0 Å². The highest BCUT2D eigenvalue weighted by Gasteiger charge is 2.20. The molecule has 1 fully saturated rings. The van der Waals surface area contributed by atoms with Gasteiger partial charge in [0.1, 0.15) is 10.8 Å². The number of hydrogen-bond acceptors (Lipinski definition) is 6. The van der Waals surface area contributed by atoms with E-state index >= 15 is 0 Å². The van der Waals surface area contributed by atoms with Gasteiger partial charge in [-0.25, -0.2) is 4.98 Å². The van der Waals surface area contributed by atoms with Crippen LogP contribution in [0.25, 0.3) is 0 Å². The average molecular weight is 353 g/mol. The number of ether oxygens (including phenoxy) is 2. The van der Waals surface area contributed by atoms with Gasteiger partial charge in [0.15, 0.2) is 0 Å². The molecule has 134 valence electrons. The zero-order valence-corrected chi connectivity index (χ0v) is 15.6. The molecule has 0 spiro atoms. The van der Waals surface area contributed by atoms with Crippen LogP contribution in [0.1, 0.15) is 29.3 Å². The molecule has 0 unspecified atom stereocenters. The predicted molar refractivity (Wildman–Crippen MR) is 97.2 cm³/mol. The van der Waals surface area contributed by atoms with Crippen LogP contribution in [-0.2, 0) is 9.47 Å². The van der Waals surface area contributed by atoms with Crippen molar-refractivity contribution in [1.29, 1.82) is 0 Å². The second-order valence-electron chi connectivity index (χ2n) is 5.61. The van der Waals surface area contributed by atoms with Gasteiger partial charge in [-0.3, -0.25) is 4.79 Å². The van der Waals surface area contributed by atoms with E-state index in [4.69, 9.17) is 14.5 Å². The highest BCUT2D eigenvalue weighted by molar-refractivity contribution is 7.99. The zero-order valence-electron chi connectivity index (χ0n) is 14.8. The number of carbonyl (C=O) groups excluding carboxylic acids is 1. The molecule has 1 N–H and O–H groups in total. The smallest absolute Gasteiger partial charge is 0.254 e. The molecule has 1 aromatic heterocycles. The summed E-state index contributed by atoms with van der Waals surface area (Å²) in [4.78, 5) is 19.6. The topological polar surface area (TPSA) is 63.7 Å². The number of methoxy groups -OCH3 is 1. The highest BCUT2D eigenvalue weighted by atomic mass is 32.2. The van der Waals surface area contributed by atoms with E-state index in [9.17, 15) is 4.79 Å². The van der Waals surface area contributed by atoms with Crippen LogP contribution in [-0.4, -0.2) is 63.2 Å². The summed E-state index contributed by atoms with van der Waals surface area (Å²) >= 11 is 1.61. The Labute approximate surface area is 148 Å². The number of pyridine rings is 1. The molecule has 1 aromatic rings. The summed E-state index contributed by atoms with van der Waals surface area (Å²) in [6.45, 7) is 8.42. The first-order valence-electron chi connectivity index (χ1n) is 8.41. The summed E-state index contributed by atoms with van der Waals surface area (Å²) in [7, 11) is 1.66. The van der Waals surface area contributed by atoms with Crippen LogP contribution in [0, 0.1) is 6.92 Å². The van der Waals surface area contributed by atoms with Crippen LogP contribution < -0.4 is 10.2 Å². The Balaban J connectivity index is 2.18. The highest BCUT2D eigenvalue weighted by Crippen LogP contribution is 2.27. The van der Waals surface area contributed by atoms with Crippen LogP contribution in [0.15, 0.2) is 11.1 Å². The number of morpholine rings is 1. The molecular formula is C17H27N3O3S. The van der Waals surface area contributed by atoms with Crippen molar-refractivity contribution in [2.45, 2.75) is 25.3 Å². The third kappa shape index (κ3) is 5.09. The second-order valence-corrected chi connectivity index (χ2v) is 6.86. The minimum Gasteiger partial charge on any atom is -0.385 e. The molecule has 0 radical (unpaired) electrons. The predicted octanol–water partition coefficient (Wildman–Crippen LogP) is 2.10. The first kappa shape index (κ1) is 19.0. The average Bonchev–Trinajstić information content (AvgIpc) is 2.59. The van der Waals surface area contributed by atoms with Gasteiger partial charge in [0, 0.05) is 33.4 Å². The number of aryl methyl sites for hydroxylation is 1. The molecule has 2 heterocycles. The van der Waals surface area contributed by atoms with Crippen molar-refractivity contribution in [1.82, 2.24) is 10.3 Å². The molecule has 0 aliphatic carbocycles. The summed E-state index contributed by atoms with van der Waals surface area (Å²) in [5.41, 5.74) is 1.66. The third-order valence-electron chi connectivity index (χ3n) is 3.82. The Morgan fingerprint density at radius 2 is 2.21 bits per heavy atom. The SMILES string of the molecule is CCSc1nc(N2CCOCC2)cc(C)c1C(=O)NCCCOC. The second kappa shape index (κ2) is 9.86. The summed E-state index contributed by atoms with van der Waals surface area (Å²) in [6.07, 6.45) is 0.802. The lowest BCUT2D eigenvalue weighted by Gasteiger charge is -2.28. The lowest BCUT2D eigenvalue weighted by molar-refractivity contribution is 0.0944. The molecule has 0 saturated carbocycles. The van der Waals surface area contributed by atoms with Gasteiger partial charge in [0.25, 0.3) is 5.91 Å². The molecule has 2 rings (SSSR count). The minimum atomic E-state index is -0.0550. The Hall–Kier alpha value is -1.31. The number of hydrogen-bond donors (Lipinski definition) is 1. The van der Waals surface area contributed by atoms with Gasteiger partial charge in [0.2, 0.25) is 0 Å². The number of nitrogens with one attached hydrogen (secondary N) is 1. The number of nitrogens with zero attached hydrogens (tertiary/aromatic N) is 2. The summed E-state index contributed by atoms with van der Waals surface area (Å²) in [5.74, 6) is 1.76. The van der Waals surface area contributed by atoms with Gasteiger partial charge in [-0.15, -0.1) is 11.8 Å². The largest absolute Gasteiger partial charge is 0.385 e. The lowest BCUT2D eigenvalue weighted by Crippen LogP contribution is -2.37. The number of amides is 1. The van der Waals surface area contributed by atoms with Gasteiger partial charge in [-0.05, 0) is 30.7 Å². The number of aromatic nitrogens is 1. The normalized spacial score (nSPS) is 14.7. The van der Waals surface area contributed by atoms with Crippen LogP contribution in [0.3, 0.4) is 0 Å². The first-order valence-corrected chi connectivity index (χ1v) is 9.40. The van der Waals surface area contributed by atoms with Crippen LogP contribution in [0.2, 0.25) is 0 Å². The Kier molecular flexibility index (Phi) is 7.81. The van der Waals surface area contributed by atoms with Gasteiger partial charge < -0.3 is 19.7 Å². The standard InChI is InChI=1S/C17H27N3O3S/c1-4-24-17-15(16(21)18-6-5-9-22-3)13(2)12-14(19-17)20-7-10-23-11-8-20/h12H,4-11H2,1-3H3,(H,18,21). The van der Waals surface area contributed by atoms with Crippen LogP contribution >= 0.6 is 11.8 Å². The fourth-order valence-electron chi connectivity index (χ4n) is 2.61. The molecule has 0 bridgehead atoms. The van der Waals surface area contributed by atoms with E-state index < -0.39 is 0 Å². The van der Waals surface area contributed by atoms with E-state index in [1.165, 1.54) is 0 Å². The first-order chi connectivity index (χ1) is 11.7. The molecular weight excluding hydrogens is 326 g/mol. The number of carbonyl (C=O) groups is 1. The van der Waals surface area contributed by atoms with Gasteiger partial charge >= 0.3 is 0 Å². The molecule has 1 amide bonds. The van der Waals surface area contributed by atoms with Crippen molar-refractivity contribution >= 4 is 23.5 Å². The van der Waals surface area contributed by atoms with Crippen LogP contribution in [0.5, 0.6) is 0 Å². The Morgan fingerprint density at radius 1 is 1.46 bits per heavy atom. The maximum atomic E-state index is 12.6. The summed E-state index contributed by atoms with van der Waals surface area (Å²) in [5, 5.41) is 3.78. The minimum absolute atomic E-state index is 0.0550. The Morgan fingerprint density at radius 3 is 2.88 bits per heavy atom. The molecule has 0 atom stereocenters. The monoisotopic (exact) mass is 353 g/mol. The molecule has 7 heteroatoms. The molecule has 6 nitrogen and oxygen atoms in total. The number of anilines is 1. The van der Waals surface area contributed by atoms with Crippen molar-refractivity contribution in [2.75, 3.05) is 57.2 Å². The molecule has 0 aromatic carbocycles. The number of thioether (sulfide) groups is 1. The molecule has 1 saturated heterocycles. The molecule has 1 aliphatic rings. The Bertz CT molecular complexity index is 548.